The molecule has 1 amide bonds. The quantitative estimate of drug-likeness (QED) is 0.501. The normalized spacial score (nSPS) is 15.4. The number of amides is 1. The van der Waals surface area contributed by atoms with E-state index in [1.165, 1.54) is 0 Å². The number of likely N-dealkylation sites (tertiary alicyclic amines) is 1. The van der Waals surface area contributed by atoms with Crippen LogP contribution in [0.3, 0.4) is 0 Å². The van der Waals surface area contributed by atoms with E-state index >= 15 is 0 Å². The Morgan fingerprint density at radius 3 is 2.44 bits per heavy atom. The van der Waals surface area contributed by atoms with Crippen LogP contribution in [0.5, 0.6) is 17.2 Å². The molecule has 2 N–H and O–H groups in total. The number of carbonyl (C=O) groups excluding carboxylic acids is 1. The minimum absolute atomic E-state index is 0.0249. The smallest absolute Gasteiger partial charge is 0.410 e. The molecule has 3 aromatic rings. The minimum Gasteiger partial charge on any atom is -0.506 e. The summed E-state index contributed by atoms with van der Waals surface area (Å²) in [4.78, 5) is 30.0. The molecule has 8 nitrogen and oxygen atoms in total. The average Bonchev–Trinajstić information content (AvgIpc) is 3.30. The molecule has 1 fully saturated rings. The molecule has 2 aromatic carbocycles. The predicted molar refractivity (Wildman–Crippen MR) is 135 cm³/mol. The molecule has 1 atom stereocenters. The summed E-state index contributed by atoms with van der Waals surface area (Å²) < 4.78 is 11.3. The van der Waals surface area contributed by atoms with Crippen molar-refractivity contribution >= 4 is 6.09 Å². The van der Waals surface area contributed by atoms with Gasteiger partial charge in [0.1, 0.15) is 34.5 Å². The lowest BCUT2D eigenvalue weighted by molar-refractivity contribution is 0.0226. The second kappa shape index (κ2) is 10.2. The fourth-order valence-electron chi connectivity index (χ4n) is 4.30. The highest BCUT2D eigenvalue weighted by Gasteiger charge is 2.34. The molecule has 36 heavy (non-hydrogen) atoms. The number of hydrogen-bond acceptors (Lipinski definition) is 6. The number of aromatic hydroxyl groups is 1. The third kappa shape index (κ3) is 5.52. The van der Waals surface area contributed by atoms with Gasteiger partial charge in [-0.15, -0.1) is 0 Å². The first-order chi connectivity index (χ1) is 17.2. The van der Waals surface area contributed by atoms with Crippen LogP contribution in [0.4, 0.5) is 4.79 Å². The highest BCUT2D eigenvalue weighted by Crippen LogP contribution is 2.32. The molecule has 8 heteroatoms. The number of nitriles is 1. The van der Waals surface area contributed by atoms with Crippen LogP contribution < -0.4 is 10.3 Å². The first-order valence-electron chi connectivity index (χ1n) is 11.9. The average molecular weight is 488 g/mol. The Labute approximate surface area is 209 Å². The van der Waals surface area contributed by atoms with Crippen molar-refractivity contribution in [3.8, 4) is 34.6 Å². The van der Waals surface area contributed by atoms with Crippen molar-refractivity contribution in [2.24, 2.45) is 0 Å². The third-order valence-electron chi connectivity index (χ3n) is 5.96. The fraction of sp³-hybridized carbons (Fsp3) is 0.321. The molecule has 0 saturated carbocycles. The van der Waals surface area contributed by atoms with E-state index in [9.17, 15) is 20.0 Å². The molecule has 0 spiro atoms. The number of nitrogens with one attached hydrogen (secondary N) is 1. The van der Waals surface area contributed by atoms with Gasteiger partial charge in [0.15, 0.2) is 0 Å². The van der Waals surface area contributed by atoms with Gasteiger partial charge in [-0.1, -0.05) is 18.2 Å². The number of aromatic nitrogens is 1. The van der Waals surface area contributed by atoms with Crippen molar-refractivity contribution in [2.45, 2.75) is 51.7 Å². The predicted octanol–water partition coefficient (Wildman–Crippen LogP) is 5.35. The van der Waals surface area contributed by atoms with E-state index in [0.29, 0.717) is 30.0 Å². The zero-order chi connectivity index (χ0) is 25.9. The summed E-state index contributed by atoms with van der Waals surface area (Å²) >= 11 is 0. The van der Waals surface area contributed by atoms with Crippen LogP contribution in [-0.4, -0.2) is 39.3 Å². The number of rotatable bonds is 5. The van der Waals surface area contributed by atoms with Crippen molar-refractivity contribution in [2.75, 3.05) is 6.54 Å². The summed E-state index contributed by atoms with van der Waals surface area (Å²) in [5.41, 5.74) is -0.293. The SMILES string of the molecule is CC(C)(C)OC(=O)N1CCCC1Cc1c(O)c(C#N)c(-c2ccc(Oc3ccccc3)cc2)[nH]c1=O. The number of benzene rings is 2. The minimum atomic E-state index is -0.638. The summed E-state index contributed by atoms with van der Waals surface area (Å²) in [5, 5.41) is 20.7. The van der Waals surface area contributed by atoms with Gasteiger partial charge < -0.3 is 24.5 Å². The van der Waals surface area contributed by atoms with E-state index in [4.69, 9.17) is 9.47 Å². The Morgan fingerprint density at radius 1 is 1.14 bits per heavy atom. The Hall–Kier alpha value is -4.25. The van der Waals surface area contributed by atoms with Crippen LogP contribution in [0.15, 0.2) is 59.4 Å². The number of aromatic amines is 1. The van der Waals surface area contributed by atoms with Crippen LogP contribution in [0.25, 0.3) is 11.3 Å². The Kier molecular flexibility index (Phi) is 7.02. The van der Waals surface area contributed by atoms with E-state index in [-0.39, 0.29) is 35.0 Å². The summed E-state index contributed by atoms with van der Waals surface area (Å²) in [6, 6.07) is 17.9. The first kappa shape index (κ1) is 24.9. The maximum Gasteiger partial charge on any atom is 0.410 e. The van der Waals surface area contributed by atoms with Crippen LogP contribution in [0, 0.1) is 11.3 Å². The Bertz CT molecular complexity index is 1340. The molecule has 1 saturated heterocycles. The van der Waals surface area contributed by atoms with E-state index < -0.39 is 17.3 Å². The Morgan fingerprint density at radius 2 is 1.81 bits per heavy atom. The molecule has 186 valence electrons. The fourth-order valence-corrected chi connectivity index (χ4v) is 4.30. The second-order valence-corrected chi connectivity index (χ2v) is 9.76. The van der Waals surface area contributed by atoms with Gasteiger partial charge in [-0.3, -0.25) is 4.79 Å². The molecular formula is C28H29N3O5. The summed E-state index contributed by atoms with van der Waals surface area (Å²) in [7, 11) is 0. The molecule has 1 aromatic heterocycles. The number of carbonyl (C=O) groups is 1. The third-order valence-corrected chi connectivity index (χ3v) is 5.96. The van der Waals surface area contributed by atoms with Crippen LogP contribution in [0.1, 0.15) is 44.7 Å². The zero-order valence-corrected chi connectivity index (χ0v) is 20.6. The van der Waals surface area contributed by atoms with Crippen molar-refractivity contribution in [3.63, 3.8) is 0 Å². The zero-order valence-electron chi connectivity index (χ0n) is 20.6. The van der Waals surface area contributed by atoms with Gasteiger partial charge in [0.25, 0.3) is 5.56 Å². The largest absolute Gasteiger partial charge is 0.506 e. The van der Waals surface area contributed by atoms with Gasteiger partial charge in [0.2, 0.25) is 0 Å². The second-order valence-electron chi connectivity index (χ2n) is 9.76. The number of nitrogens with zero attached hydrogens (tertiary/aromatic N) is 2. The summed E-state index contributed by atoms with van der Waals surface area (Å²) in [5.74, 6) is 0.915. The van der Waals surface area contributed by atoms with Crippen LogP contribution in [0.2, 0.25) is 0 Å². The highest BCUT2D eigenvalue weighted by molar-refractivity contribution is 5.72. The molecular weight excluding hydrogens is 458 g/mol. The first-order valence-corrected chi connectivity index (χ1v) is 11.9. The van der Waals surface area contributed by atoms with Gasteiger partial charge in [0, 0.05) is 19.0 Å². The number of para-hydroxylation sites is 1. The maximum absolute atomic E-state index is 13.0. The monoisotopic (exact) mass is 487 g/mol. The maximum atomic E-state index is 13.0. The van der Waals surface area contributed by atoms with Gasteiger partial charge in [-0.2, -0.15) is 5.26 Å². The van der Waals surface area contributed by atoms with Crippen LogP contribution >= 0.6 is 0 Å². The number of ether oxygens (including phenoxy) is 2. The lowest BCUT2D eigenvalue weighted by atomic mass is 9.99. The standard InChI is InChI=1S/C28H29N3O5/c1-28(2,3)36-27(34)31-15-7-8-19(31)16-22-25(32)23(17-29)24(30-26(22)33)18-11-13-21(14-12-18)35-20-9-5-4-6-10-20/h4-6,9-14,19H,7-8,15-16H2,1-3H3,(H2,30,32,33). The topological polar surface area (TPSA) is 116 Å². The number of H-pyrrole nitrogens is 1. The molecule has 2 heterocycles. The number of hydrogen-bond donors (Lipinski definition) is 2. The van der Waals surface area contributed by atoms with Crippen molar-refractivity contribution in [1.29, 1.82) is 5.26 Å². The van der Waals surface area contributed by atoms with E-state index in [0.717, 1.165) is 6.42 Å². The van der Waals surface area contributed by atoms with E-state index in [1.807, 2.05) is 36.4 Å². The van der Waals surface area contributed by atoms with Crippen molar-refractivity contribution in [3.05, 3.63) is 76.1 Å². The molecule has 4 rings (SSSR count). The van der Waals surface area contributed by atoms with Gasteiger partial charge >= 0.3 is 6.09 Å². The summed E-state index contributed by atoms with van der Waals surface area (Å²) in [6.07, 6.45) is 1.11. The lowest BCUT2D eigenvalue weighted by Gasteiger charge is -2.28. The van der Waals surface area contributed by atoms with Crippen molar-refractivity contribution in [1.82, 2.24) is 9.88 Å². The number of pyridine rings is 1. The molecule has 0 aliphatic carbocycles. The van der Waals surface area contributed by atoms with Gasteiger partial charge in [0.05, 0.1) is 11.3 Å². The molecule has 1 unspecified atom stereocenters. The van der Waals surface area contributed by atoms with E-state index in [1.54, 1.807) is 49.9 Å². The molecule has 1 aliphatic rings. The van der Waals surface area contributed by atoms with Crippen LogP contribution in [-0.2, 0) is 11.2 Å². The Balaban J connectivity index is 1.58. The molecule has 0 bridgehead atoms. The van der Waals surface area contributed by atoms with E-state index in [2.05, 4.69) is 4.98 Å². The van der Waals surface area contributed by atoms with Gasteiger partial charge in [-0.25, -0.2) is 4.79 Å². The molecule has 0 radical (unpaired) electrons. The lowest BCUT2D eigenvalue weighted by Crippen LogP contribution is -2.41. The highest BCUT2D eigenvalue weighted by atomic mass is 16.6. The van der Waals surface area contributed by atoms with Crippen molar-refractivity contribution < 1.29 is 19.4 Å². The molecule has 1 aliphatic heterocycles. The van der Waals surface area contributed by atoms with Gasteiger partial charge in [-0.05, 0) is 75.6 Å². The summed E-state index contributed by atoms with van der Waals surface area (Å²) in [6.45, 7) is 5.90.